The number of rotatable bonds is 4. The van der Waals surface area contributed by atoms with E-state index in [1.807, 2.05) is 50.4 Å². The highest BCUT2D eigenvalue weighted by Crippen LogP contribution is 2.23. The van der Waals surface area contributed by atoms with Gasteiger partial charge in [0.1, 0.15) is 5.82 Å². The van der Waals surface area contributed by atoms with Crippen molar-refractivity contribution in [2.45, 2.75) is 19.4 Å². The normalized spacial score (nSPS) is 14.5. The number of morpholine rings is 1. The molecule has 0 atom stereocenters. The van der Waals surface area contributed by atoms with E-state index in [-0.39, 0.29) is 11.3 Å². The molecule has 3 heterocycles. The zero-order chi connectivity index (χ0) is 23.0. The number of H-pyrrole nitrogens is 1. The van der Waals surface area contributed by atoms with E-state index < -0.39 is 5.54 Å². The number of benzene rings is 2. The van der Waals surface area contributed by atoms with E-state index in [4.69, 9.17) is 4.74 Å². The minimum atomic E-state index is -0.626. The van der Waals surface area contributed by atoms with Gasteiger partial charge in [0.15, 0.2) is 5.43 Å². The molecule has 2 N–H and O–H groups in total. The summed E-state index contributed by atoms with van der Waals surface area (Å²) in [5.74, 6) is 0.697. The number of para-hydroxylation sites is 1. The van der Waals surface area contributed by atoms with Crippen LogP contribution in [0.25, 0.3) is 21.8 Å². The van der Waals surface area contributed by atoms with E-state index in [1.54, 1.807) is 24.3 Å². The molecule has 33 heavy (non-hydrogen) atoms. The molecule has 2 aromatic heterocycles. The van der Waals surface area contributed by atoms with Crippen LogP contribution in [0.5, 0.6) is 0 Å². The molecule has 0 aliphatic carbocycles. The summed E-state index contributed by atoms with van der Waals surface area (Å²) in [4.78, 5) is 36.0. The number of hydrogen-bond acceptors (Lipinski definition) is 5. The van der Waals surface area contributed by atoms with E-state index in [2.05, 4.69) is 20.2 Å². The number of carbonyl (C=O) groups is 1. The maximum Gasteiger partial charge on any atom is 0.252 e. The Labute approximate surface area is 191 Å². The number of nitrogens with one attached hydrogen (secondary N) is 2. The number of anilines is 1. The Kier molecular flexibility index (Phi) is 5.34. The van der Waals surface area contributed by atoms with Gasteiger partial charge in [-0.1, -0.05) is 18.2 Å². The van der Waals surface area contributed by atoms with Crippen LogP contribution in [0.15, 0.2) is 65.6 Å². The lowest BCUT2D eigenvalue weighted by Crippen LogP contribution is -2.41. The average Bonchev–Trinajstić information content (AvgIpc) is 2.84. The van der Waals surface area contributed by atoms with E-state index in [1.165, 1.54) is 0 Å². The zero-order valence-corrected chi connectivity index (χ0v) is 18.7. The standard InChI is InChI=1S/C26H26N4O3/c1-26(2,18-8-10-23(27-16-18)30-11-13-33-14-12-30)29-25(32)17-7-9-20-22(15-17)28-21-6-4-3-5-19(21)24(20)31/h3-10,15-16H,11-14H2,1-2H3,(H,28,31)(H,29,32). The maximum atomic E-state index is 13.1. The summed E-state index contributed by atoms with van der Waals surface area (Å²) in [5, 5.41) is 4.30. The molecule has 1 aliphatic rings. The molecule has 168 valence electrons. The first-order valence-corrected chi connectivity index (χ1v) is 11.1. The Morgan fingerprint density at radius 1 is 1.03 bits per heavy atom. The first-order chi connectivity index (χ1) is 15.9. The number of pyridine rings is 2. The molecule has 1 saturated heterocycles. The van der Waals surface area contributed by atoms with Crippen molar-refractivity contribution >= 4 is 33.5 Å². The molecule has 1 amide bonds. The van der Waals surface area contributed by atoms with Crippen molar-refractivity contribution in [3.8, 4) is 0 Å². The predicted molar refractivity (Wildman–Crippen MR) is 130 cm³/mol. The molecule has 0 radical (unpaired) electrons. The van der Waals surface area contributed by atoms with Crippen molar-refractivity contribution in [1.82, 2.24) is 15.3 Å². The largest absolute Gasteiger partial charge is 0.378 e. The van der Waals surface area contributed by atoms with Crippen molar-refractivity contribution in [2.24, 2.45) is 0 Å². The lowest BCUT2D eigenvalue weighted by molar-refractivity contribution is 0.0912. The van der Waals surface area contributed by atoms with Gasteiger partial charge in [0.05, 0.1) is 24.3 Å². The summed E-state index contributed by atoms with van der Waals surface area (Å²) in [6, 6.07) is 16.5. The summed E-state index contributed by atoms with van der Waals surface area (Å²) in [6.07, 6.45) is 1.81. The topological polar surface area (TPSA) is 87.3 Å². The molecule has 0 spiro atoms. The molecule has 0 unspecified atom stereocenters. The lowest BCUT2D eigenvalue weighted by atomic mass is 9.95. The monoisotopic (exact) mass is 442 g/mol. The Morgan fingerprint density at radius 3 is 2.55 bits per heavy atom. The van der Waals surface area contributed by atoms with Crippen LogP contribution in [-0.4, -0.2) is 42.2 Å². The SMILES string of the molecule is CC(C)(NC(=O)c1ccc2c(=O)c3ccccc3[nH]c2c1)c1ccc(N2CCOCC2)nc1. The first kappa shape index (κ1) is 21.2. The molecule has 0 bridgehead atoms. The second-order valence-electron chi connectivity index (χ2n) is 8.84. The van der Waals surface area contributed by atoms with Crippen LogP contribution in [0.4, 0.5) is 5.82 Å². The van der Waals surface area contributed by atoms with Gasteiger partial charge >= 0.3 is 0 Å². The molecule has 5 rings (SSSR count). The molecule has 2 aromatic carbocycles. The van der Waals surface area contributed by atoms with Crippen LogP contribution in [0.2, 0.25) is 0 Å². The fourth-order valence-electron chi connectivity index (χ4n) is 4.23. The second kappa shape index (κ2) is 8.33. The number of aromatic nitrogens is 2. The zero-order valence-electron chi connectivity index (χ0n) is 18.7. The Morgan fingerprint density at radius 2 is 1.79 bits per heavy atom. The predicted octanol–water partition coefficient (Wildman–Crippen LogP) is 3.58. The van der Waals surface area contributed by atoms with E-state index in [0.29, 0.717) is 35.1 Å². The maximum absolute atomic E-state index is 13.1. The van der Waals surface area contributed by atoms with Crippen molar-refractivity contribution in [3.05, 3.63) is 82.1 Å². The summed E-state index contributed by atoms with van der Waals surface area (Å²) in [7, 11) is 0. The Hall–Kier alpha value is -3.71. The smallest absolute Gasteiger partial charge is 0.252 e. The molecule has 7 heteroatoms. The van der Waals surface area contributed by atoms with Gasteiger partial charge in [0.25, 0.3) is 5.91 Å². The minimum absolute atomic E-state index is 0.0435. The van der Waals surface area contributed by atoms with Crippen LogP contribution >= 0.6 is 0 Å². The third-order valence-electron chi connectivity index (χ3n) is 6.20. The number of carbonyl (C=O) groups excluding carboxylic acids is 1. The highest BCUT2D eigenvalue weighted by atomic mass is 16.5. The van der Waals surface area contributed by atoms with Gasteiger partial charge in [-0.05, 0) is 55.8 Å². The molecule has 7 nitrogen and oxygen atoms in total. The van der Waals surface area contributed by atoms with Gasteiger partial charge in [-0.2, -0.15) is 0 Å². The number of nitrogens with zero attached hydrogens (tertiary/aromatic N) is 2. The first-order valence-electron chi connectivity index (χ1n) is 11.1. The fourth-order valence-corrected chi connectivity index (χ4v) is 4.23. The van der Waals surface area contributed by atoms with Gasteiger partial charge < -0.3 is 19.9 Å². The van der Waals surface area contributed by atoms with Gasteiger partial charge in [-0.3, -0.25) is 9.59 Å². The van der Waals surface area contributed by atoms with Crippen LogP contribution in [-0.2, 0) is 10.3 Å². The number of amides is 1. The molecule has 4 aromatic rings. The van der Waals surface area contributed by atoms with Crippen molar-refractivity contribution in [2.75, 3.05) is 31.2 Å². The average molecular weight is 443 g/mol. The van der Waals surface area contributed by atoms with E-state index in [0.717, 1.165) is 30.0 Å². The van der Waals surface area contributed by atoms with Crippen LogP contribution in [0.1, 0.15) is 29.8 Å². The molecular formula is C26H26N4O3. The molecule has 0 saturated carbocycles. The molecule has 1 aliphatic heterocycles. The van der Waals surface area contributed by atoms with Crippen LogP contribution < -0.4 is 15.6 Å². The fraction of sp³-hybridized carbons (Fsp3) is 0.269. The molecular weight excluding hydrogens is 416 g/mol. The summed E-state index contributed by atoms with van der Waals surface area (Å²) < 4.78 is 5.40. The number of fused-ring (bicyclic) bond motifs is 2. The third-order valence-corrected chi connectivity index (χ3v) is 6.20. The number of ether oxygens (including phenoxy) is 1. The van der Waals surface area contributed by atoms with Gasteiger partial charge in [-0.15, -0.1) is 0 Å². The Balaban J connectivity index is 1.38. The highest BCUT2D eigenvalue weighted by Gasteiger charge is 2.25. The van der Waals surface area contributed by atoms with Gasteiger partial charge in [-0.25, -0.2) is 4.98 Å². The van der Waals surface area contributed by atoms with E-state index >= 15 is 0 Å². The van der Waals surface area contributed by atoms with Crippen molar-refractivity contribution in [3.63, 3.8) is 0 Å². The number of hydrogen-bond donors (Lipinski definition) is 2. The van der Waals surface area contributed by atoms with Crippen LogP contribution in [0, 0.1) is 0 Å². The Bertz CT molecular complexity index is 1390. The third kappa shape index (κ3) is 4.07. The summed E-state index contributed by atoms with van der Waals surface area (Å²) in [6.45, 7) is 6.97. The van der Waals surface area contributed by atoms with Crippen molar-refractivity contribution < 1.29 is 9.53 Å². The van der Waals surface area contributed by atoms with E-state index in [9.17, 15) is 9.59 Å². The summed E-state index contributed by atoms with van der Waals surface area (Å²) >= 11 is 0. The highest BCUT2D eigenvalue weighted by molar-refractivity contribution is 6.00. The number of aromatic amines is 1. The van der Waals surface area contributed by atoms with Gasteiger partial charge in [0, 0.05) is 41.1 Å². The second-order valence-corrected chi connectivity index (χ2v) is 8.84. The quantitative estimate of drug-likeness (QED) is 0.472. The molecule has 1 fully saturated rings. The minimum Gasteiger partial charge on any atom is -0.378 e. The van der Waals surface area contributed by atoms with Crippen LogP contribution in [0.3, 0.4) is 0 Å². The van der Waals surface area contributed by atoms with Gasteiger partial charge in [0.2, 0.25) is 0 Å². The summed E-state index contributed by atoms with van der Waals surface area (Å²) in [5.41, 5.74) is 2.12. The lowest BCUT2D eigenvalue weighted by Gasteiger charge is -2.30. The van der Waals surface area contributed by atoms with Crippen molar-refractivity contribution in [1.29, 1.82) is 0 Å².